The second-order valence-electron chi connectivity index (χ2n) is 7.08. The van der Waals surface area contributed by atoms with E-state index in [-0.39, 0.29) is 36.1 Å². The number of ether oxygens (including phenoxy) is 1. The number of guanidine groups is 1. The summed E-state index contributed by atoms with van der Waals surface area (Å²) in [4.78, 5) is 17.9. The van der Waals surface area contributed by atoms with Crippen LogP contribution < -0.4 is 10.6 Å². The third kappa shape index (κ3) is 9.88. The number of carbonyl (C=O) groups excluding carboxylic acids is 1. The molecule has 0 aliphatic rings. The fraction of sp³-hybridized carbons (Fsp3) is 0.667. The van der Waals surface area contributed by atoms with Gasteiger partial charge in [0, 0.05) is 52.2 Å². The summed E-state index contributed by atoms with van der Waals surface area (Å²) >= 11 is 0. The number of aliphatic imine (C=N–C) groups is 1. The Morgan fingerprint density at radius 3 is 2.35 bits per heavy atom. The van der Waals surface area contributed by atoms with E-state index in [1.807, 2.05) is 52.2 Å². The van der Waals surface area contributed by atoms with Crippen molar-refractivity contribution in [3.63, 3.8) is 0 Å². The first-order valence-electron chi connectivity index (χ1n) is 8.74. The van der Waals surface area contributed by atoms with Crippen molar-refractivity contribution < 1.29 is 9.53 Å². The molecular formula is C18H34IN5O2. The minimum Gasteiger partial charge on any atom is -0.444 e. The van der Waals surface area contributed by atoms with Crippen molar-refractivity contribution >= 4 is 36.0 Å². The van der Waals surface area contributed by atoms with Gasteiger partial charge in [-0.1, -0.05) is 0 Å². The van der Waals surface area contributed by atoms with Gasteiger partial charge >= 0.3 is 6.09 Å². The SMILES string of the molecule is CN=C(NCCC(C)N(C)C(=O)OC(C)(C)C)NCCn1cccc1.I. The van der Waals surface area contributed by atoms with E-state index in [1.54, 1.807) is 19.0 Å². The number of rotatable bonds is 7. The Labute approximate surface area is 174 Å². The van der Waals surface area contributed by atoms with Crippen LogP contribution in [0.15, 0.2) is 29.5 Å². The molecule has 1 aromatic rings. The molecule has 0 saturated carbocycles. The van der Waals surface area contributed by atoms with Crippen molar-refractivity contribution in [3.8, 4) is 0 Å². The number of amides is 1. The van der Waals surface area contributed by atoms with Crippen molar-refractivity contribution in [2.45, 2.75) is 52.3 Å². The van der Waals surface area contributed by atoms with Crippen molar-refractivity contribution in [2.24, 2.45) is 4.99 Å². The molecular weight excluding hydrogens is 445 g/mol. The quantitative estimate of drug-likeness (QED) is 0.359. The lowest BCUT2D eigenvalue weighted by Gasteiger charge is -2.28. The van der Waals surface area contributed by atoms with E-state index in [2.05, 4.69) is 20.2 Å². The van der Waals surface area contributed by atoms with Crippen molar-refractivity contribution in [1.82, 2.24) is 20.1 Å². The number of hydrogen-bond acceptors (Lipinski definition) is 3. The second-order valence-corrected chi connectivity index (χ2v) is 7.08. The molecule has 1 aromatic heterocycles. The summed E-state index contributed by atoms with van der Waals surface area (Å²) in [5, 5.41) is 6.55. The molecule has 0 radical (unpaired) electrons. The Bertz CT molecular complexity index is 540. The van der Waals surface area contributed by atoms with Crippen LogP contribution in [-0.2, 0) is 11.3 Å². The van der Waals surface area contributed by atoms with Crippen LogP contribution in [0.1, 0.15) is 34.1 Å². The van der Waals surface area contributed by atoms with Gasteiger partial charge in [-0.2, -0.15) is 0 Å². The van der Waals surface area contributed by atoms with Crippen molar-refractivity contribution in [2.75, 3.05) is 27.2 Å². The molecule has 1 heterocycles. The summed E-state index contributed by atoms with van der Waals surface area (Å²) in [6, 6.07) is 4.09. The first kappa shape index (κ1) is 24.6. The average molecular weight is 479 g/mol. The zero-order valence-electron chi connectivity index (χ0n) is 16.8. The highest BCUT2D eigenvalue weighted by atomic mass is 127. The maximum atomic E-state index is 12.1. The first-order chi connectivity index (χ1) is 11.7. The van der Waals surface area contributed by atoms with Crippen LogP contribution in [0.2, 0.25) is 0 Å². The van der Waals surface area contributed by atoms with Gasteiger partial charge in [0.15, 0.2) is 5.96 Å². The molecule has 0 aliphatic carbocycles. The Hall–Kier alpha value is -1.45. The normalized spacial score (nSPS) is 12.8. The van der Waals surface area contributed by atoms with Crippen LogP contribution in [0.3, 0.4) is 0 Å². The Morgan fingerprint density at radius 1 is 1.23 bits per heavy atom. The van der Waals surface area contributed by atoms with Gasteiger partial charge < -0.3 is 24.8 Å². The summed E-state index contributed by atoms with van der Waals surface area (Å²) in [6.45, 7) is 10.0. The van der Waals surface area contributed by atoms with E-state index in [4.69, 9.17) is 4.74 Å². The van der Waals surface area contributed by atoms with Crippen LogP contribution >= 0.6 is 24.0 Å². The Morgan fingerprint density at radius 2 is 1.81 bits per heavy atom. The number of nitrogens with zero attached hydrogens (tertiary/aromatic N) is 3. The number of nitrogens with one attached hydrogen (secondary N) is 2. The van der Waals surface area contributed by atoms with Gasteiger partial charge in [-0.15, -0.1) is 24.0 Å². The maximum Gasteiger partial charge on any atom is 0.410 e. The third-order valence-corrected chi connectivity index (χ3v) is 3.75. The van der Waals surface area contributed by atoms with E-state index in [1.165, 1.54) is 0 Å². The molecule has 0 saturated heterocycles. The first-order valence-corrected chi connectivity index (χ1v) is 8.74. The van der Waals surface area contributed by atoms with Gasteiger partial charge in [0.1, 0.15) is 5.60 Å². The molecule has 150 valence electrons. The lowest BCUT2D eigenvalue weighted by atomic mass is 10.2. The number of aromatic nitrogens is 1. The van der Waals surface area contributed by atoms with E-state index in [0.717, 1.165) is 32.0 Å². The molecule has 0 fully saturated rings. The van der Waals surface area contributed by atoms with Gasteiger partial charge in [0.05, 0.1) is 0 Å². The lowest BCUT2D eigenvalue weighted by molar-refractivity contribution is 0.0230. The van der Waals surface area contributed by atoms with Crippen LogP contribution in [0.5, 0.6) is 0 Å². The summed E-state index contributed by atoms with van der Waals surface area (Å²) < 4.78 is 7.50. The molecule has 0 aliphatic heterocycles. The predicted octanol–water partition coefficient (Wildman–Crippen LogP) is 2.92. The fourth-order valence-electron chi connectivity index (χ4n) is 2.15. The van der Waals surface area contributed by atoms with Gasteiger partial charge in [-0.05, 0) is 46.2 Å². The smallest absolute Gasteiger partial charge is 0.410 e. The summed E-state index contributed by atoms with van der Waals surface area (Å²) in [5.41, 5.74) is -0.477. The van der Waals surface area contributed by atoms with E-state index in [0.29, 0.717) is 0 Å². The van der Waals surface area contributed by atoms with Crippen LogP contribution in [0.25, 0.3) is 0 Å². The maximum absolute atomic E-state index is 12.1. The summed E-state index contributed by atoms with van der Waals surface area (Å²) in [7, 11) is 3.52. The summed E-state index contributed by atoms with van der Waals surface area (Å²) in [5.74, 6) is 0.763. The number of halogens is 1. The number of hydrogen-bond donors (Lipinski definition) is 2. The second kappa shape index (κ2) is 12.0. The van der Waals surface area contributed by atoms with Gasteiger partial charge in [-0.25, -0.2) is 4.79 Å². The molecule has 1 amide bonds. The van der Waals surface area contributed by atoms with Crippen molar-refractivity contribution in [1.29, 1.82) is 0 Å². The van der Waals surface area contributed by atoms with E-state index < -0.39 is 5.60 Å². The molecule has 8 heteroatoms. The highest BCUT2D eigenvalue weighted by Gasteiger charge is 2.22. The highest BCUT2D eigenvalue weighted by Crippen LogP contribution is 2.11. The van der Waals surface area contributed by atoms with E-state index in [9.17, 15) is 4.79 Å². The van der Waals surface area contributed by atoms with Crippen LogP contribution in [-0.4, -0.2) is 60.3 Å². The third-order valence-electron chi connectivity index (χ3n) is 3.75. The van der Waals surface area contributed by atoms with Crippen LogP contribution in [0.4, 0.5) is 4.79 Å². The minimum absolute atomic E-state index is 0. The zero-order chi connectivity index (χ0) is 18.9. The monoisotopic (exact) mass is 479 g/mol. The molecule has 2 N–H and O–H groups in total. The average Bonchev–Trinajstić information content (AvgIpc) is 3.04. The molecule has 0 bridgehead atoms. The molecule has 7 nitrogen and oxygen atoms in total. The Balaban J connectivity index is 0.00000625. The highest BCUT2D eigenvalue weighted by molar-refractivity contribution is 14.0. The molecule has 1 rings (SSSR count). The molecule has 1 atom stereocenters. The molecule has 0 spiro atoms. The largest absolute Gasteiger partial charge is 0.444 e. The molecule has 0 aromatic carbocycles. The zero-order valence-corrected chi connectivity index (χ0v) is 19.1. The van der Waals surface area contributed by atoms with Crippen molar-refractivity contribution in [3.05, 3.63) is 24.5 Å². The van der Waals surface area contributed by atoms with Crippen LogP contribution in [0, 0.1) is 0 Å². The predicted molar refractivity (Wildman–Crippen MR) is 117 cm³/mol. The lowest BCUT2D eigenvalue weighted by Crippen LogP contribution is -2.43. The molecule has 1 unspecified atom stereocenters. The Kier molecular flexibility index (Phi) is 11.4. The standard InChI is InChI=1S/C18H33N5O2.HI/c1-15(22(6)17(24)25-18(2,3)4)9-10-20-16(19-5)21-11-14-23-12-7-8-13-23;/h7-8,12-13,15H,9-11,14H2,1-6H3,(H2,19,20,21);1H. The topological polar surface area (TPSA) is 70.9 Å². The van der Waals surface area contributed by atoms with Gasteiger partial charge in [0.25, 0.3) is 0 Å². The summed E-state index contributed by atoms with van der Waals surface area (Å²) in [6.07, 6.45) is 4.57. The fourth-order valence-corrected chi connectivity index (χ4v) is 2.15. The van der Waals surface area contributed by atoms with Gasteiger partial charge in [0.2, 0.25) is 0 Å². The molecule has 26 heavy (non-hydrogen) atoms. The minimum atomic E-state index is -0.477. The number of carbonyl (C=O) groups is 1. The van der Waals surface area contributed by atoms with E-state index >= 15 is 0 Å². The van der Waals surface area contributed by atoms with Gasteiger partial charge in [-0.3, -0.25) is 4.99 Å².